The number of nitrogens with two attached hydrogens (primary N) is 1. The van der Waals surface area contributed by atoms with Crippen molar-refractivity contribution in [2.45, 2.75) is 19.9 Å². The summed E-state index contributed by atoms with van der Waals surface area (Å²) in [5, 5.41) is 16.8. The molecule has 8 nitrogen and oxygen atoms in total. The summed E-state index contributed by atoms with van der Waals surface area (Å²) in [6, 6.07) is 12.6. The van der Waals surface area contributed by atoms with Crippen molar-refractivity contribution in [3.63, 3.8) is 0 Å². The van der Waals surface area contributed by atoms with Crippen LogP contribution in [0.25, 0.3) is 22.5 Å². The molecular weight excluding hydrogens is 344 g/mol. The molecule has 0 spiro atoms. The Kier molecular flexibility index (Phi) is 5.46. The topological polar surface area (TPSA) is 119 Å². The molecule has 2 heterocycles. The monoisotopic (exact) mass is 366 g/mol. The lowest BCUT2D eigenvalue weighted by Gasteiger charge is -2.16. The lowest BCUT2D eigenvalue weighted by Crippen LogP contribution is -2.24. The second-order valence-electron chi connectivity index (χ2n) is 6.27. The van der Waals surface area contributed by atoms with Gasteiger partial charge in [0.15, 0.2) is 0 Å². The zero-order valence-corrected chi connectivity index (χ0v) is 15.3. The van der Waals surface area contributed by atoms with E-state index in [0.717, 1.165) is 5.56 Å². The van der Waals surface area contributed by atoms with E-state index in [1.807, 2.05) is 44.2 Å². The Balaban J connectivity index is 2.29. The van der Waals surface area contributed by atoms with Gasteiger partial charge in [-0.15, -0.1) is 0 Å². The van der Waals surface area contributed by atoms with Crippen molar-refractivity contribution in [1.82, 2.24) is 19.7 Å². The summed E-state index contributed by atoms with van der Waals surface area (Å²) >= 11 is 0. The fraction of sp³-hybridized carbons (Fsp3) is 0.263. The normalized spacial score (nSPS) is 11.0. The van der Waals surface area contributed by atoms with Gasteiger partial charge in [-0.1, -0.05) is 30.3 Å². The van der Waals surface area contributed by atoms with Crippen LogP contribution < -0.4 is 16.6 Å². The Hall–Kier alpha value is -3.26. The van der Waals surface area contributed by atoms with Gasteiger partial charge in [-0.25, -0.2) is 9.67 Å². The van der Waals surface area contributed by atoms with E-state index in [1.54, 1.807) is 6.07 Å². The molecule has 3 aromatic rings. The number of anilines is 2. The molecule has 0 aliphatic rings. The van der Waals surface area contributed by atoms with E-state index in [9.17, 15) is 9.90 Å². The fourth-order valence-electron chi connectivity index (χ4n) is 2.76. The van der Waals surface area contributed by atoms with Gasteiger partial charge in [-0.3, -0.25) is 4.79 Å². The maximum absolute atomic E-state index is 12.1. The Morgan fingerprint density at radius 2 is 1.89 bits per heavy atom. The quantitative estimate of drug-likeness (QED) is 0.610. The smallest absolute Gasteiger partial charge is 0.267 e. The maximum Gasteiger partial charge on any atom is 0.267 e. The van der Waals surface area contributed by atoms with Crippen LogP contribution in [0, 0.1) is 0 Å². The molecule has 0 fully saturated rings. The number of aliphatic hydroxyl groups is 1. The second-order valence-corrected chi connectivity index (χ2v) is 6.27. The van der Waals surface area contributed by atoms with Gasteiger partial charge in [0.25, 0.3) is 5.56 Å². The molecule has 0 amide bonds. The summed E-state index contributed by atoms with van der Waals surface area (Å²) in [5.41, 5.74) is 8.35. The van der Waals surface area contributed by atoms with Gasteiger partial charge in [0.2, 0.25) is 5.95 Å². The Morgan fingerprint density at radius 1 is 1.15 bits per heavy atom. The highest BCUT2D eigenvalue weighted by molar-refractivity contribution is 5.87. The van der Waals surface area contributed by atoms with Crippen LogP contribution in [0.15, 0.2) is 47.3 Å². The van der Waals surface area contributed by atoms with Crippen LogP contribution in [0.3, 0.4) is 0 Å². The average Bonchev–Trinajstić information content (AvgIpc) is 2.67. The van der Waals surface area contributed by atoms with E-state index in [-0.39, 0.29) is 24.2 Å². The van der Waals surface area contributed by atoms with E-state index in [1.165, 1.54) is 10.7 Å². The Morgan fingerprint density at radius 3 is 2.56 bits per heavy atom. The summed E-state index contributed by atoms with van der Waals surface area (Å²) in [5.74, 6) is 0.562. The van der Waals surface area contributed by atoms with Crippen molar-refractivity contribution < 1.29 is 5.11 Å². The predicted molar refractivity (Wildman–Crippen MR) is 105 cm³/mol. The number of nitrogen functional groups attached to an aromatic ring is 1. The van der Waals surface area contributed by atoms with Crippen LogP contribution in [0.4, 0.5) is 11.8 Å². The molecule has 0 aliphatic carbocycles. The molecule has 1 aromatic carbocycles. The third-order valence-electron chi connectivity index (χ3n) is 3.95. The standard InChI is InChI=1S/C19H22N6O2/c1-12(2)25-15(27)9-8-14(24-25)16-17(13-6-4-3-5-7-13)22-19(20)23-18(16)21-10-11-26/h3-9,12,26H,10-11H2,1-2H3,(H3,20,21,22,23). The number of rotatable bonds is 6. The molecule has 0 saturated heterocycles. The van der Waals surface area contributed by atoms with Crippen molar-refractivity contribution in [1.29, 1.82) is 0 Å². The first-order chi connectivity index (χ1) is 13.0. The molecular formula is C19H22N6O2. The number of nitrogens with one attached hydrogen (secondary N) is 1. The number of nitrogens with zero attached hydrogens (tertiary/aromatic N) is 4. The van der Waals surface area contributed by atoms with Gasteiger partial charge in [0.05, 0.1) is 29.6 Å². The highest BCUT2D eigenvalue weighted by Gasteiger charge is 2.19. The van der Waals surface area contributed by atoms with E-state index in [2.05, 4.69) is 20.4 Å². The van der Waals surface area contributed by atoms with E-state index < -0.39 is 0 Å². The largest absolute Gasteiger partial charge is 0.395 e. The van der Waals surface area contributed by atoms with Crippen LogP contribution >= 0.6 is 0 Å². The predicted octanol–water partition coefficient (Wildman–Crippen LogP) is 1.93. The van der Waals surface area contributed by atoms with Crippen molar-refractivity contribution in [2.24, 2.45) is 0 Å². The second kappa shape index (κ2) is 7.96. The van der Waals surface area contributed by atoms with Crippen molar-refractivity contribution >= 4 is 11.8 Å². The molecule has 0 unspecified atom stereocenters. The number of hydrogen-bond acceptors (Lipinski definition) is 7. The molecule has 0 radical (unpaired) electrons. The lowest BCUT2D eigenvalue weighted by molar-refractivity contribution is 0.311. The minimum absolute atomic E-state index is 0.0665. The van der Waals surface area contributed by atoms with Crippen LogP contribution in [0.2, 0.25) is 0 Å². The summed E-state index contributed by atoms with van der Waals surface area (Å²) in [6.07, 6.45) is 0. The first kappa shape index (κ1) is 18.5. The minimum atomic E-state index is -0.184. The molecule has 8 heteroatoms. The maximum atomic E-state index is 12.1. The summed E-state index contributed by atoms with van der Waals surface area (Å²) in [7, 11) is 0. The number of aliphatic hydroxyl groups excluding tert-OH is 1. The minimum Gasteiger partial charge on any atom is -0.395 e. The zero-order valence-electron chi connectivity index (χ0n) is 15.3. The third-order valence-corrected chi connectivity index (χ3v) is 3.95. The lowest BCUT2D eigenvalue weighted by atomic mass is 10.0. The van der Waals surface area contributed by atoms with Gasteiger partial charge in [0, 0.05) is 18.2 Å². The summed E-state index contributed by atoms with van der Waals surface area (Å²) in [4.78, 5) is 20.8. The first-order valence-electron chi connectivity index (χ1n) is 8.69. The van der Waals surface area contributed by atoms with E-state index in [4.69, 9.17) is 5.73 Å². The highest BCUT2D eigenvalue weighted by Crippen LogP contribution is 2.34. The van der Waals surface area contributed by atoms with Crippen LogP contribution in [-0.2, 0) is 0 Å². The molecule has 0 atom stereocenters. The average molecular weight is 366 g/mol. The first-order valence-corrected chi connectivity index (χ1v) is 8.69. The van der Waals surface area contributed by atoms with E-state index in [0.29, 0.717) is 29.3 Å². The molecule has 27 heavy (non-hydrogen) atoms. The summed E-state index contributed by atoms with van der Waals surface area (Å²) < 4.78 is 1.41. The van der Waals surface area contributed by atoms with Crippen molar-refractivity contribution in [3.05, 3.63) is 52.8 Å². The number of hydrogen-bond donors (Lipinski definition) is 3. The molecule has 0 saturated carbocycles. The molecule has 140 valence electrons. The van der Waals surface area contributed by atoms with Crippen LogP contribution in [0.1, 0.15) is 19.9 Å². The number of benzene rings is 1. The molecule has 0 aliphatic heterocycles. The zero-order chi connectivity index (χ0) is 19.4. The van der Waals surface area contributed by atoms with Crippen LogP contribution in [-0.4, -0.2) is 38.0 Å². The van der Waals surface area contributed by atoms with E-state index >= 15 is 0 Å². The van der Waals surface area contributed by atoms with Crippen LogP contribution in [0.5, 0.6) is 0 Å². The highest BCUT2D eigenvalue weighted by atomic mass is 16.3. The molecule has 2 aromatic heterocycles. The Labute approximate surface area is 156 Å². The third kappa shape index (κ3) is 3.95. The van der Waals surface area contributed by atoms with Gasteiger partial charge < -0.3 is 16.2 Å². The Bertz CT molecular complexity index is 985. The summed E-state index contributed by atoms with van der Waals surface area (Å²) in [6.45, 7) is 4.01. The molecule has 4 N–H and O–H groups in total. The van der Waals surface area contributed by atoms with Gasteiger partial charge >= 0.3 is 0 Å². The molecule has 0 bridgehead atoms. The number of aromatic nitrogens is 4. The van der Waals surface area contributed by atoms with Crippen molar-refractivity contribution in [2.75, 3.05) is 24.2 Å². The van der Waals surface area contributed by atoms with Gasteiger partial charge in [-0.2, -0.15) is 10.1 Å². The SMILES string of the molecule is CC(C)n1nc(-c2c(NCCO)nc(N)nc2-c2ccccc2)ccc1=O. The fourth-order valence-corrected chi connectivity index (χ4v) is 2.76. The van der Waals surface area contributed by atoms with Crippen molar-refractivity contribution in [3.8, 4) is 22.5 Å². The van der Waals surface area contributed by atoms with Gasteiger partial charge in [-0.05, 0) is 19.9 Å². The molecule has 3 rings (SSSR count). The van der Waals surface area contributed by atoms with Gasteiger partial charge in [0.1, 0.15) is 5.82 Å².